The topological polar surface area (TPSA) is 3.24 Å². The van der Waals surface area contributed by atoms with Gasteiger partial charge in [-0.3, -0.25) is 0 Å². The van der Waals surface area contributed by atoms with Crippen LogP contribution >= 0.6 is 27.5 Å². The van der Waals surface area contributed by atoms with Gasteiger partial charge in [-0.15, -0.1) is 11.6 Å². The maximum absolute atomic E-state index is 12.6. The van der Waals surface area contributed by atoms with E-state index in [0.29, 0.717) is 11.3 Å². The van der Waals surface area contributed by atoms with Crippen molar-refractivity contribution < 1.29 is 13.2 Å². The molecule has 0 aromatic heterocycles. The zero-order chi connectivity index (χ0) is 13.9. The van der Waals surface area contributed by atoms with Crippen molar-refractivity contribution in [3.8, 4) is 0 Å². The average molecular weight is 345 g/mol. The van der Waals surface area contributed by atoms with E-state index in [9.17, 15) is 13.2 Å². The first kappa shape index (κ1) is 15.6. The van der Waals surface area contributed by atoms with Crippen molar-refractivity contribution in [1.29, 1.82) is 0 Å². The third-order valence-corrected chi connectivity index (χ3v) is 3.25. The van der Waals surface area contributed by atoms with Crippen molar-refractivity contribution in [3.63, 3.8) is 0 Å². The third kappa shape index (κ3) is 4.35. The fourth-order valence-electron chi connectivity index (χ4n) is 1.66. The van der Waals surface area contributed by atoms with Crippen LogP contribution in [0.2, 0.25) is 0 Å². The van der Waals surface area contributed by atoms with Crippen LogP contribution in [0.15, 0.2) is 22.7 Å². The normalized spacial score (nSPS) is 12.0. The number of hydrogen-bond donors (Lipinski definition) is 0. The van der Waals surface area contributed by atoms with Gasteiger partial charge in [-0.1, -0.05) is 22.0 Å². The first-order valence-electron chi connectivity index (χ1n) is 5.42. The van der Waals surface area contributed by atoms with Crippen LogP contribution in [-0.2, 0) is 5.88 Å². The Balaban J connectivity index is 3.16. The summed E-state index contributed by atoms with van der Waals surface area (Å²) < 4.78 is 38.5. The minimum atomic E-state index is -4.24. The van der Waals surface area contributed by atoms with Crippen LogP contribution in [0.4, 0.5) is 18.9 Å². The summed E-state index contributed by atoms with van der Waals surface area (Å²) in [6, 6.07) is 4.91. The number of nitrogens with zero attached hydrogens (tertiary/aromatic N) is 1. The first-order chi connectivity index (χ1) is 8.24. The minimum absolute atomic E-state index is 0.184. The molecule has 0 amide bonds. The van der Waals surface area contributed by atoms with Gasteiger partial charge in [-0.2, -0.15) is 13.2 Å². The van der Waals surface area contributed by atoms with Crippen molar-refractivity contribution in [2.24, 2.45) is 0 Å². The Bertz CT molecular complexity index is 407. The van der Waals surface area contributed by atoms with Crippen LogP contribution in [0.5, 0.6) is 0 Å². The lowest BCUT2D eigenvalue weighted by atomic mass is 10.1. The van der Waals surface area contributed by atoms with Gasteiger partial charge < -0.3 is 4.90 Å². The van der Waals surface area contributed by atoms with Crippen LogP contribution in [0, 0.1) is 0 Å². The van der Waals surface area contributed by atoms with Crippen LogP contribution < -0.4 is 4.90 Å². The van der Waals surface area contributed by atoms with E-state index in [1.165, 1.54) is 4.90 Å². The second kappa shape index (κ2) is 6.15. The van der Waals surface area contributed by atoms with E-state index in [2.05, 4.69) is 15.9 Å². The fourth-order valence-corrected chi connectivity index (χ4v) is 2.23. The van der Waals surface area contributed by atoms with Gasteiger partial charge in [0.15, 0.2) is 0 Å². The van der Waals surface area contributed by atoms with Crippen LogP contribution in [0.1, 0.15) is 19.4 Å². The van der Waals surface area contributed by atoms with Crippen molar-refractivity contribution in [2.75, 3.05) is 11.4 Å². The lowest BCUT2D eigenvalue weighted by Gasteiger charge is -2.31. The van der Waals surface area contributed by atoms with Crippen molar-refractivity contribution in [1.82, 2.24) is 0 Å². The SMILES string of the molecule is CC(C)N(CC(F)(F)F)c1cc(Br)ccc1CCl. The van der Waals surface area contributed by atoms with Gasteiger partial charge in [-0.05, 0) is 31.5 Å². The smallest absolute Gasteiger partial charge is 0.360 e. The molecule has 0 radical (unpaired) electrons. The maximum Gasteiger partial charge on any atom is 0.405 e. The molecule has 0 spiro atoms. The highest BCUT2D eigenvalue weighted by atomic mass is 79.9. The molecule has 0 heterocycles. The summed E-state index contributed by atoms with van der Waals surface area (Å²) in [7, 11) is 0. The molecule has 102 valence electrons. The van der Waals surface area contributed by atoms with Crippen LogP contribution in [-0.4, -0.2) is 18.8 Å². The van der Waals surface area contributed by atoms with Gasteiger partial charge in [0.25, 0.3) is 0 Å². The summed E-state index contributed by atoms with van der Waals surface area (Å²) in [4.78, 5) is 1.31. The van der Waals surface area contributed by atoms with E-state index in [0.717, 1.165) is 4.47 Å². The molecule has 0 unspecified atom stereocenters. The van der Waals surface area contributed by atoms with Gasteiger partial charge in [-0.25, -0.2) is 0 Å². The molecule has 18 heavy (non-hydrogen) atoms. The number of hydrogen-bond acceptors (Lipinski definition) is 1. The average Bonchev–Trinajstić information content (AvgIpc) is 2.24. The van der Waals surface area contributed by atoms with E-state index in [1.54, 1.807) is 32.0 Å². The highest BCUT2D eigenvalue weighted by molar-refractivity contribution is 9.10. The van der Waals surface area contributed by atoms with E-state index in [1.807, 2.05) is 0 Å². The largest absolute Gasteiger partial charge is 0.405 e. The van der Waals surface area contributed by atoms with Gasteiger partial charge in [0.2, 0.25) is 0 Å². The zero-order valence-electron chi connectivity index (χ0n) is 10.1. The maximum atomic E-state index is 12.6. The Kier molecular flexibility index (Phi) is 5.34. The predicted octanol–water partition coefficient (Wildman–Crippen LogP) is 4.97. The highest BCUT2D eigenvalue weighted by Gasteiger charge is 2.32. The van der Waals surface area contributed by atoms with Gasteiger partial charge in [0.05, 0.1) is 0 Å². The molecular weight excluding hydrogens is 330 g/mol. The summed E-state index contributed by atoms with van der Waals surface area (Å²) >= 11 is 9.05. The lowest BCUT2D eigenvalue weighted by molar-refractivity contribution is -0.120. The van der Waals surface area contributed by atoms with E-state index in [4.69, 9.17) is 11.6 Å². The minimum Gasteiger partial charge on any atom is -0.360 e. The second-order valence-corrected chi connectivity index (χ2v) is 5.43. The standard InChI is InChI=1S/C12H14BrClF3N/c1-8(2)18(7-12(15,16)17)11-5-10(13)4-3-9(11)6-14/h3-5,8H,6-7H2,1-2H3. The molecule has 0 saturated carbocycles. The number of anilines is 1. The number of rotatable bonds is 4. The summed E-state index contributed by atoms with van der Waals surface area (Å²) in [5.41, 5.74) is 1.21. The van der Waals surface area contributed by atoms with Crippen molar-refractivity contribution >= 4 is 33.2 Å². The molecule has 1 nitrogen and oxygen atoms in total. The molecule has 0 N–H and O–H groups in total. The summed E-state index contributed by atoms with van der Waals surface area (Å²) in [5.74, 6) is 0.184. The van der Waals surface area contributed by atoms with Gasteiger partial charge >= 0.3 is 6.18 Å². The fraction of sp³-hybridized carbons (Fsp3) is 0.500. The number of halogens is 5. The lowest BCUT2D eigenvalue weighted by Crippen LogP contribution is -2.39. The van der Waals surface area contributed by atoms with Crippen molar-refractivity contribution in [2.45, 2.75) is 31.9 Å². The number of alkyl halides is 4. The molecule has 0 bridgehead atoms. The Morgan fingerprint density at radius 3 is 2.39 bits per heavy atom. The molecule has 0 atom stereocenters. The molecule has 0 saturated heterocycles. The Morgan fingerprint density at radius 1 is 1.33 bits per heavy atom. The van der Waals surface area contributed by atoms with E-state index < -0.39 is 12.7 Å². The summed E-state index contributed by atoms with van der Waals surface area (Å²) in [5, 5.41) is 0. The molecule has 0 aliphatic rings. The molecule has 6 heteroatoms. The monoisotopic (exact) mass is 343 g/mol. The molecule has 0 fully saturated rings. The zero-order valence-corrected chi connectivity index (χ0v) is 12.4. The molecule has 0 aliphatic heterocycles. The molecule has 0 aliphatic carbocycles. The highest BCUT2D eigenvalue weighted by Crippen LogP contribution is 2.30. The van der Waals surface area contributed by atoms with E-state index >= 15 is 0 Å². The van der Waals surface area contributed by atoms with E-state index in [-0.39, 0.29) is 11.9 Å². The van der Waals surface area contributed by atoms with Crippen LogP contribution in [0.25, 0.3) is 0 Å². The molecule has 1 rings (SSSR count). The third-order valence-electron chi connectivity index (χ3n) is 2.47. The molecule has 1 aromatic carbocycles. The molecular formula is C12H14BrClF3N. The second-order valence-electron chi connectivity index (χ2n) is 4.24. The van der Waals surface area contributed by atoms with Crippen LogP contribution in [0.3, 0.4) is 0 Å². The molecule has 1 aromatic rings. The summed E-state index contributed by atoms with van der Waals surface area (Å²) in [6.45, 7) is 2.47. The van der Waals surface area contributed by atoms with Gasteiger partial charge in [0, 0.05) is 22.1 Å². The Labute approximate surface area is 118 Å². The van der Waals surface area contributed by atoms with Crippen molar-refractivity contribution in [3.05, 3.63) is 28.2 Å². The quantitative estimate of drug-likeness (QED) is 0.697. The Hall–Kier alpha value is -0.420. The first-order valence-corrected chi connectivity index (χ1v) is 6.75. The number of benzene rings is 1. The Morgan fingerprint density at radius 2 is 1.94 bits per heavy atom. The predicted molar refractivity (Wildman–Crippen MR) is 72.2 cm³/mol. The summed E-state index contributed by atoms with van der Waals surface area (Å²) in [6.07, 6.45) is -4.24. The van der Waals surface area contributed by atoms with Gasteiger partial charge in [0.1, 0.15) is 6.54 Å².